The molecule has 1 aliphatic rings. The van der Waals surface area contributed by atoms with Crippen LogP contribution < -0.4 is 18.9 Å². The van der Waals surface area contributed by atoms with Crippen LogP contribution in [0.2, 0.25) is 0 Å². The second kappa shape index (κ2) is 10.9. The van der Waals surface area contributed by atoms with Crippen LogP contribution in [-0.4, -0.2) is 37.7 Å². The van der Waals surface area contributed by atoms with E-state index in [-0.39, 0.29) is 31.1 Å². The Bertz CT molecular complexity index is 1670. The molecule has 3 aromatic carbocycles. The summed E-state index contributed by atoms with van der Waals surface area (Å²) in [5.74, 6) is -1.49. The molecule has 8 nitrogen and oxygen atoms in total. The second-order valence-electron chi connectivity index (χ2n) is 9.13. The lowest BCUT2D eigenvalue weighted by Gasteiger charge is -2.31. The molecular formula is C26H21F5N2O6S2. The zero-order chi connectivity index (χ0) is 29.5. The van der Waals surface area contributed by atoms with Crippen molar-refractivity contribution in [2.45, 2.75) is 24.6 Å². The van der Waals surface area contributed by atoms with Gasteiger partial charge in [-0.1, -0.05) is 0 Å². The van der Waals surface area contributed by atoms with Crippen molar-refractivity contribution in [3.05, 3.63) is 76.3 Å². The molecular weight excluding hydrogens is 595 g/mol. The maximum Gasteiger partial charge on any atom is 0.516 e. The SMILES string of the molecule is COc1ccc(NS(=O)(=O)C(F)(F)F)cc1C[C@@H]1COc2ccc(OCc3nc4cc(F)c(F)cc4s3)cc2[C@@H]1O. The molecule has 2 N–H and O–H groups in total. The number of nitrogens with one attached hydrogen (secondary N) is 1. The molecule has 41 heavy (non-hydrogen) atoms. The Hall–Kier alpha value is -3.69. The van der Waals surface area contributed by atoms with Crippen LogP contribution in [0.5, 0.6) is 17.2 Å². The minimum absolute atomic E-state index is 0.000420. The van der Waals surface area contributed by atoms with E-state index >= 15 is 0 Å². The first kappa shape index (κ1) is 28.8. The molecule has 1 aliphatic heterocycles. The Labute approximate surface area is 234 Å². The number of rotatable bonds is 8. The Morgan fingerprint density at radius 3 is 2.61 bits per heavy atom. The summed E-state index contributed by atoms with van der Waals surface area (Å²) in [5, 5.41) is 11.6. The number of aromatic nitrogens is 1. The van der Waals surface area contributed by atoms with Crippen molar-refractivity contribution in [3.8, 4) is 17.2 Å². The summed E-state index contributed by atoms with van der Waals surface area (Å²) in [5.41, 5.74) is -4.76. The van der Waals surface area contributed by atoms with Crippen LogP contribution in [0, 0.1) is 17.6 Å². The van der Waals surface area contributed by atoms with Crippen molar-refractivity contribution in [2.75, 3.05) is 18.4 Å². The molecule has 0 amide bonds. The van der Waals surface area contributed by atoms with Gasteiger partial charge in [0.05, 0.1) is 30.0 Å². The van der Waals surface area contributed by atoms with Crippen molar-refractivity contribution >= 4 is 37.3 Å². The summed E-state index contributed by atoms with van der Waals surface area (Å²) in [6.45, 7) is 0.0639. The van der Waals surface area contributed by atoms with Crippen molar-refractivity contribution in [1.82, 2.24) is 4.98 Å². The molecule has 218 valence electrons. The maximum atomic E-state index is 13.5. The molecule has 2 heterocycles. The average Bonchev–Trinajstić information content (AvgIpc) is 3.30. The van der Waals surface area contributed by atoms with Gasteiger partial charge in [-0.05, 0) is 54.4 Å². The number of halogens is 5. The van der Waals surface area contributed by atoms with E-state index in [1.807, 2.05) is 0 Å². The van der Waals surface area contributed by atoms with Gasteiger partial charge in [0.2, 0.25) is 0 Å². The third kappa shape index (κ3) is 6.01. The minimum atomic E-state index is -5.63. The summed E-state index contributed by atoms with van der Waals surface area (Å²) in [6, 6.07) is 10.5. The lowest BCUT2D eigenvalue weighted by atomic mass is 9.87. The van der Waals surface area contributed by atoms with Gasteiger partial charge < -0.3 is 19.3 Å². The number of alkyl halides is 3. The monoisotopic (exact) mass is 616 g/mol. The minimum Gasteiger partial charge on any atom is -0.496 e. The number of hydrogen-bond donors (Lipinski definition) is 2. The number of thiazole rings is 1. The number of anilines is 1. The zero-order valence-corrected chi connectivity index (χ0v) is 22.7. The summed E-state index contributed by atoms with van der Waals surface area (Å²) in [6.07, 6.45) is -0.995. The fourth-order valence-corrected chi connectivity index (χ4v) is 5.81. The smallest absolute Gasteiger partial charge is 0.496 e. The number of hydrogen-bond acceptors (Lipinski definition) is 8. The van der Waals surface area contributed by atoms with E-state index in [1.165, 1.54) is 24.0 Å². The second-order valence-corrected chi connectivity index (χ2v) is 11.9. The first-order valence-corrected chi connectivity index (χ1v) is 14.2. The van der Waals surface area contributed by atoms with Crippen molar-refractivity contribution < 1.29 is 49.7 Å². The summed E-state index contributed by atoms with van der Waals surface area (Å²) in [4.78, 5) is 4.25. The molecule has 0 fully saturated rings. The zero-order valence-electron chi connectivity index (χ0n) is 21.0. The van der Waals surface area contributed by atoms with E-state index in [4.69, 9.17) is 14.2 Å². The van der Waals surface area contributed by atoms with E-state index in [1.54, 1.807) is 18.2 Å². The number of ether oxygens (including phenoxy) is 3. The lowest BCUT2D eigenvalue weighted by molar-refractivity contribution is -0.0429. The number of sulfonamides is 1. The topological polar surface area (TPSA) is 107 Å². The first-order valence-electron chi connectivity index (χ1n) is 11.9. The summed E-state index contributed by atoms with van der Waals surface area (Å²) in [7, 11) is -4.28. The maximum absolute atomic E-state index is 13.5. The Morgan fingerprint density at radius 2 is 1.88 bits per heavy atom. The molecule has 0 radical (unpaired) electrons. The van der Waals surface area contributed by atoms with Gasteiger partial charge in [0, 0.05) is 23.2 Å². The van der Waals surface area contributed by atoms with Crippen LogP contribution in [0.4, 0.5) is 27.6 Å². The van der Waals surface area contributed by atoms with E-state index in [0.717, 1.165) is 29.5 Å². The normalized spacial score (nSPS) is 17.1. The fourth-order valence-electron chi connectivity index (χ4n) is 4.37. The van der Waals surface area contributed by atoms with E-state index in [0.29, 0.717) is 37.9 Å². The van der Waals surface area contributed by atoms with Crippen LogP contribution >= 0.6 is 11.3 Å². The van der Waals surface area contributed by atoms with Crippen LogP contribution in [0.3, 0.4) is 0 Å². The quantitative estimate of drug-likeness (QED) is 0.244. The van der Waals surface area contributed by atoms with Gasteiger partial charge in [-0.2, -0.15) is 21.6 Å². The number of aliphatic hydroxyl groups is 1. The third-order valence-electron chi connectivity index (χ3n) is 6.36. The highest BCUT2D eigenvalue weighted by Gasteiger charge is 2.46. The number of fused-ring (bicyclic) bond motifs is 2. The number of benzene rings is 3. The van der Waals surface area contributed by atoms with Gasteiger partial charge in [-0.3, -0.25) is 4.72 Å². The van der Waals surface area contributed by atoms with Gasteiger partial charge in [-0.15, -0.1) is 11.3 Å². The molecule has 0 saturated carbocycles. The van der Waals surface area contributed by atoms with Gasteiger partial charge in [0.25, 0.3) is 0 Å². The van der Waals surface area contributed by atoms with Crippen LogP contribution in [0.25, 0.3) is 10.2 Å². The largest absolute Gasteiger partial charge is 0.516 e. The lowest BCUT2D eigenvalue weighted by Crippen LogP contribution is -2.30. The van der Waals surface area contributed by atoms with E-state index in [2.05, 4.69) is 4.98 Å². The summed E-state index contributed by atoms with van der Waals surface area (Å²) < 4.78 is 107. The van der Waals surface area contributed by atoms with Gasteiger partial charge in [-0.25, -0.2) is 13.8 Å². The summed E-state index contributed by atoms with van der Waals surface area (Å²) >= 11 is 1.15. The van der Waals surface area contributed by atoms with Gasteiger partial charge >= 0.3 is 15.5 Å². The van der Waals surface area contributed by atoms with E-state index < -0.39 is 39.2 Å². The first-order chi connectivity index (χ1) is 19.3. The molecule has 0 aliphatic carbocycles. The van der Waals surface area contributed by atoms with Crippen LogP contribution in [0.15, 0.2) is 48.5 Å². The number of aliphatic hydroxyl groups excluding tert-OH is 1. The highest BCUT2D eigenvalue weighted by Crippen LogP contribution is 2.40. The van der Waals surface area contributed by atoms with Crippen LogP contribution in [0.1, 0.15) is 22.2 Å². The molecule has 15 heteroatoms. The molecule has 2 atom stereocenters. The molecule has 4 aromatic rings. The number of methoxy groups -OCH3 is 1. The standard InChI is InChI=1S/C26H21F5N2O6S2/c1-37-21-4-2-15(33-41(35,36)26(29,30)31)7-13(21)6-14-11-39-22-5-3-16(8-17(22)25(14)34)38-12-24-32-20-9-18(27)19(28)10-23(20)40-24/h2-5,7-10,14,25,33-34H,6,11-12H2,1H3/t14-,25-/m1/s1. The van der Waals surface area contributed by atoms with Crippen molar-refractivity contribution in [3.63, 3.8) is 0 Å². The molecule has 0 unspecified atom stereocenters. The van der Waals surface area contributed by atoms with Gasteiger partial charge in [0.1, 0.15) is 28.9 Å². The Kier molecular flexibility index (Phi) is 7.70. The molecule has 0 bridgehead atoms. The van der Waals surface area contributed by atoms with Gasteiger partial charge in [0.15, 0.2) is 11.6 Å². The fraction of sp³-hybridized carbons (Fsp3) is 0.269. The molecule has 1 aromatic heterocycles. The predicted molar refractivity (Wildman–Crippen MR) is 140 cm³/mol. The third-order valence-corrected chi connectivity index (χ3v) is 8.46. The molecule has 0 saturated heterocycles. The Morgan fingerprint density at radius 1 is 1.12 bits per heavy atom. The van der Waals surface area contributed by atoms with Crippen molar-refractivity contribution in [1.29, 1.82) is 0 Å². The van der Waals surface area contributed by atoms with Crippen LogP contribution in [-0.2, 0) is 23.1 Å². The highest BCUT2D eigenvalue weighted by molar-refractivity contribution is 7.93. The molecule has 5 rings (SSSR count). The van der Waals surface area contributed by atoms with E-state index in [9.17, 15) is 35.5 Å². The predicted octanol–water partition coefficient (Wildman–Crippen LogP) is 5.71. The number of nitrogens with zero attached hydrogens (tertiary/aromatic N) is 1. The van der Waals surface area contributed by atoms with Crippen molar-refractivity contribution in [2.24, 2.45) is 5.92 Å². The Balaban J connectivity index is 1.31. The molecule has 0 spiro atoms. The average molecular weight is 617 g/mol. The highest BCUT2D eigenvalue weighted by atomic mass is 32.2.